The third-order valence-corrected chi connectivity index (χ3v) is 10.9. The summed E-state index contributed by atoms with van der Waals surface area (Å²) in [5, 5.41) is 10.1. The van der Waals surface area contributed by atoms with E-state index in [1.54, 1.807) is 0 Å². The molecule has 2 nitrogen and oxygen atoms in total. The molecule has 0 radical (unpaired) electrons. The van der Waals surface area contributed by atoms with E-state index >= 15 is 0 Å². The van der Waals surface area contributed by atoms with E-state index in [2.05, 4.69) is 203 Å². The van der Waals surface area contributed by atoms with Gasteiger partial charge in [0.1, 0.15) is 0 Å². The van der Waals surface area contributed by atoms with Crippen molar-refractivity contribution in [1.29, 1.82) is 0 Å². The minimum Gasteiger partial charge on any atom is -0.309 e. The minimum atomic E-state index is 1.14. The molecule has 0 fully saturated rings. The highest BCUT2D eigenvalue weighted by molar-refractivity contribution is 6.39. The van der Waals surface area contributed by atoms with Gasteiger partial charge in [0.05, 0.1) is 22.1 Å². The van der Waals surface area contributed by atoms with Gasteiger partial charge in [0, 0.05) is 38.3 Å². The van der Waals surface area contributed by atoms with Gasteiger partial charge in [-0.1, -0.05) is 158 Å². The molecule has 11 aromatic rings. The fourth-order valence-corrected chi connectivity index (χ4v) is 8.73. The molecule has 2 heteroatoms. The Labute approximate surface area is 301 Å². The van der Waals surface area contributed by atoms with Gasteiger partial charge in [-0.2, -0.15) is 0 Å². The Bertz CT molecular complexity index is 3160. The quantitative estimate of drug-likeness (QED) is 0.178. The molecule has 9 aromatic carbocycles. The molecule has 0 aliphatic rings. The maximum absolute atomic E-state index is 2.54. The normalized spacial score (nSPS) is 11.8. The molecule has 0 saturated heterocycles. The molecular formula is C50H32N2. The van der Waals surface area contributed by atoms with Crippen LogP contribution in [0.5, 0.6) is 0 Å². The highest BCUT2D eigenvalue weighted by Crippen LogP contribution is 2.48. The summed E-state index contributed by atoms with van der Waals surface area (Å²) in [4.78, 5) is 0. The van der Waals surface area contributed by atoms with E-state index in [1.807, 2.05) is 0 Å². The molecule has 0 unspecified atom stereocenters. The third kappa shape index (κ3) is 4.12. The summed E-state index contributed by atoms with van der Waals surface area (Å²) >= 11 is 0. The van der Waals surface area contributed by atoms with Crippen molar-refractivity contribution in [3.05, 3.63) is 194 Å². The summed E-state index contributed by atoms with van der Waals surface area (Å²) in [5.41, 5.74) is 12.0. The Balaban J connectivity index is 1.35. The van der Waals surface area contributed by atoms with E-state index < -0.39 is 0 Å². The molecule has 0 amide bonds. The lowest BCUT2D eigenvalue weighted by Gasteiger charge is -2.15. The van der Waals surface area contributed by atoms with Crippen molar-refractivity contribution in [2.75, 3.05) is 0 Å². The van der Waals surface area contributed by atoms with Crippen molar-refractivity contribution in [3.8, 4) is 33.6 Å². The van der Waals surface area contributed by atoms with Gasteiger partial charge in [0.25, 0.3) is 0 Å². The summed E-state index contributed by atoms with van der Waals surface area (Å²) < 4.78 is 5.02. The second kappa shape index (κ2) is 11.3. The maximum atomic E-state index is 2.54. The van der Waals surface area contributed by atoms with Crippen LogP contribution in [0, 0.1) is 0 Å². The van der Waals surface area contributed by atoms with Crippen molar-refractivity contribution in [2.45, 2.75) is 0 Å². The van der Waals surface area contributed by atoms with Crippen LogP contribution in [-0.2, 0) is 0 Å². The lowest BCUT2D eigenvalue weighted by molar-refractivity contribution is 1.18. The summed E-state index contributed by atoms with van der Waals surface area (Å²) in [7, 11) is 0. The monoisotopic (exact) mass is 660 g/mol. The molecule has 0 atom stereocenters. The summed E-state index contributed by atoms with van der Waals surface area (Å²) in [6, 6.07) is 70.8. The van der Waals surface area contributed by atoms with E-state index in [9.17, 15) is 0 Å². The molecule has 0 bridgehead atoms. The predicted octanol–water partition coefficient (Wildman–Crippen LogP) is 13.5. The lowest BCUT2D eigenvalue weighted by Crippen LogP contribution is -1.97. The molecule has 0 spiro atoms. The Morgan fingerprint density at radius 3 is 1.67 bits per heavy atom. The number of hydrogen-bond acceptors (Lipinski definition) is 0. The lowest BCUT2D eigenvalue weighted by atomic mass is 9.94. The SMILES string of the molecule is c1ccc(-c2ccccc2-c2cccc(-n3c4ccc5ccccc5c4c4c5ccccc5c5c(c6ccccc6n5-c5ccccc5)c43)c2)cc1. The molecule has 0 aliphatic carbocycles. The van der Waals surface area contributed by atoms with Crippen LogP contribution in [0.1, 0.15) is 0 Å². The van der Waals surface area contributed by atoms with E-state index in [4.69, 9.17) is 0 Å². The number of rotatable bonds is 4. The van der Waals surface area contributed by atoms with Gasteiger partial charge in [0.15, 0.2) is 0 Å². The van der Waals surface area contributed by atoms with Crippen molar-refractivity contribution in [3.63, 3.8) is 0 Å². The third-order valence-electron chi connectivity index (χ3n) is 10.9. The number of aromatic nitrogens is 2. The molecule has 2 aromatic heterocycles. The van der Waals surface area contributed by atoms with Gasteiger partial charge in [-0.15, -0.1) is 0 Å². The molecule has 0 saturated carbocycles. The van der Waals surface area contributed by atoms with Gasteiger partial charge in [-0.05, 0) is 74.8 Å². The zero-order chi connectivity index (χ0) is 34.2. The first-order valence-electron chi connectivity index (χ1n) is 18.0. The average molecular weight is 661 g/mol. The smallest absolute Gasteiger partial charge is 0.0648 e. The number of nitrogens with zero attached hydrogens (tertiary/aromatic N) is 2. The molecule has 2 heterocycles. The molecule has 52 heavy (non-hydrogen) atoms. The second-order valence-electron chi connectivity index (χ2n) is 13.7. The molecular weight excluding hydrogens is 629 g/mol. The first-order chi connectivity index (χ1) is 25.8. The van der Waals surface area contributed by atoms with Gasteiger partial charge in [0.2, 0.25) is 0 Å². The summed E-state index contributed by atoms with van der Waals surface area (Å²) in [6.07, 6.45) is 0. The van der Waals surface area contributed by atoms with Crippen LogP contribution in [-0.4, -0.2) is 9.13 Å². The molecule has 0 N–H and O–H groups in total. The molecule has 0 aliphatic heterocycles. The number of fused-ring (bicyclic) bond motifs is 12. The fourth-order valence-electron chi connectivity index (χ4n) is 8.73. The van der Waals surface area contributed by atoms with E-state index in [0.717, 1.165) is 11.4 Å². The van der Waals surface area contributed by atoms with Crippen molar-refractivity contribution >= 4 is 65.2 Å². The van der Waals surface area contributed by atoms with Crippen LogP contribution in [0.2, 0.25) is 0 Å². The summed E-state index contributed by atoms with van der Waals surface area (Å²) in [6.45, 7) is 0. The standard InChI is InChI=1S/C50H32N2/c1-3-16-33(17-4-1)38-23-9-10-24-39(38)35-19-15-22-37(32-35)52-45-31-30-34-18-7-8-25-40(34)46(45)47-41-26-11-12-27-42(41)49-48(50(47)52)43-28-13-14-29-44(43)51(49)36-20-5-2-6-21-36/h1-32H. The molecule has 11 rings (SSSR count). The Morgan fingerprint density at radius 2 is 0.865 bits per heavy atom. The highest BCUT2D eigenvalue weighted by Gasteiger charge is 2.25. The Morgan fingerprint density at radius 1 is 0.288 bits per heavy atom. The Kier molecular flexibility index (Phi) is 6.28. The zero-order valence-electron chi connectivity index (χ0n) is 28.4. The van der Waals surface area contributed by atoms with Gasteiger partial charge in [-0.25, -0.2) is 0 Å². The van der Waals surface area contributed by atoms with Gasteiger partial charge in [-0.3, -0.25) is 0 Å². The van der Waals surface area contributed by atoms with Crippen LogP contribution in [0.4, 0.5) is 0 Å². The second-order valence-corrected chi connectivity index (χ2v) is 13.7. The predicted molar refractivity (Wildman–Crippen MR) is 221 cm³/mol. The first kappa shape index (κ1) is 28.9. The summed E-state index contributed by atoms with van der Waals surface area (Å²) in [5.74, 6) is 0. The van der Waals surface area contributed by atoms with Crippen LogP contribution < -0.4 is 0 Å². The fraction of sp³-hybridized carbons (Fsp3) is 0. The average Bonchev–Trinajstić information content (AvgIpc) is 3.76. The van der Waals surface area contributed by atoms with Crippen molar-refractivity contribution in [1.82, 2.24) is 9.13 Å². The highest BCUT2D eigenvalue weighted by atomic mass is 15.0. The maximum Gasteiger partial charge on any atom is 0.0648 e. The van der Waals surface area contributed by atoms with Crippen LogP contribution in [0.3, 0.4) is 0 Å². The Hall–Kier alpha value is -6.90. The van der Waals surface area contributed by atoms with Gasteiger partial charge < -0.3 is 9.13 Å². The minimum absolute atomic E-state index is 1.14. The topological polar surface area (TPSA) is 9.86 Å². The van der Waals surface area contributed by atoms with Crippen molar-refractivity contribution < 1.29 is 0 Å². The van der Waals surface area contributed by atoms with Gasteiger partial charge >= 0.3 is 0 Å². The van der Waals surface area contributed by atoms with Crippen LogP contribution in [0.15, 0.2) is 194 Å². The van der Waals surface area contributed by atoms with E-state index in [-0.39, 0.29) is 0 Å². The number of hydrogen-bond donors (Lipinski definition) is 0. The van der Waals surface area contributed by atoms with E-state index in [1.165, 1.54) is 87.4 Å². The number of benzene rings is 9. The zero-order valence-corrected chi connectivity index (χ0v) is 28.4. The molecule has 242 valence electrons. The first-order valence-corrected chi connectivity index (χ1v) is 18.0. The van der Waals surface area contributed by atoms with E-state index in [0.29, 0.717) is 0 Å². The number of para-hydroxylation sites is 2. The van der Waals surface area contributed by atoms with Crippen molar-refractivity contribution in [2.24, 2.45) is 0 Å². The van der Waals surface area contributed by atoms with Crippen LogP contribution >= 0.6 is 0 Å². The van der Waals surface area contributed by atoms with Crippen LogP contribution in [0.25, 0.3) is 98.8 Å². The largest absolute Gasteiger partial charge is 0.309 e.